The van der Waals surface area contributed by atoms with Gasteiger partial charge in [-0.15, -0.1) is 0 Å². The molecule has 4 nitrogen and oxygen atoms in total. The number of amides is 1. The molecular formula is C13H27N3O. The molecule has 0 bridgehead atoms. The van der Waals surface area contributed by atoms with E-state index < -0.39 is 0 Å². The third-order valence-corrected chi connectivity index (χ3v) is 3.57. The van der Waals surface area contributed by atoms with Crippen LogP contribution in [0.1, 0.15) is 40.5 Å². The number of rotatable bonds is 5. The van der Waals surface area contributed by atoms with Gasteiger partial charge < -0.3 is 11.1 Å². The summed E-state index contributed by atoms with van der Waals surface area (Å²) in [6, 6.07) is 0.604. The molecule has 1 saturated heterocycles. The molecule has 17 heavy (non-hydrogen) atoms. The van der Waals surface area contributed by atoms with E-state index in [-0.39, 0.29) is 18.0 Å². The Morgan fingerprint density at radius 3 is 2.59 bits per heavy atom. The van der Waals surface area contributed by atoms with Gasteiger partial charge in [-0.25, -0.2) is 0 Å². The van der Waals surface area contributed by atoms with Crippen LogP contribution in [0.5, 0.6) is 0 Å². The smallest absolute Gasteiger partial charge is 0.235 e. The predicted molar refractivity (Wildman–Crippen MR) is 70.7 cm³/mol. The quantitative estimate of drug-likeness (QED) is 0.754. The maximum absolute atomic E-state index is 11.4. The normalized spacial score (nSPS) is 28.3. The lowest BCUT2D eigenvalue weighted by Gasteiger charge is -2.38. The zero-order valence-corrected chi connectivity index (χ0v) is 11.6. The van der Waals surface area contributed by atoms with Gasteiger partial charge in [0.2, 0.25) is 5.91 Å². The molecule has 100 valence electrons. The number of primary amides is 1. The van der Waals surface area contributed by atoms with Crippen LogP contribution in [0.15, 0.2) is 0 Å². The first-order chi connectivity index (χ1) is 7.90. The van der Waals surface area contributed by atoms with Crippen LogP contribution in [0, 0.1) is 5.92 Å². The maximum atomic E-state index is 11.4. The van der Waals surface area contributed by atoms with E-state index in [1.54, 1.807) is 0 Å². The first-order valence-electron chi connectivity index (χ1n) is 6.69. The molecule has 4 heteroatoms. The Morgan fingerprint density at radius 2 is 2.12 bits per heavy atom. The summed E-state index contributed by atoms with van der Waals surface area (Å²) in [7, 11) is 0. The van der Waals surface area contributed by atoms with Gasteiger partial charge in [0.05, 0.1) is 6.04 Å². The second-order valence-corrected chi connectivity index (χ2v) is 5.75. The van der Waals surface area contributed by atoms with Crippen molar-refractivity contribution in [3.8, 4) is 0 Å². The van der Waals surface area contributed by atoms with E-state index in [0.29, 0.717) is 6.04 Å². The fourth-order valence-corrected chi connectivity index (χ4v) is 2.59. The van der Waals surface area contributed by atoms with Gasteiger partial charge in [0.1, 0.15) is 0 Å². The standard InChI is InChI=1S/C13H27N3O/c1-9(2)15-12(13(14)17)8-16-6-5-10(3)7-11(16)4/h9-12,15H,5-8H2,1-4H3,(H2,14,17). The summed E-state index contributed by atoms with van der Waals surface area (Å²) in [6.07, 6.45) is 2.44. The molecule has 1 aliphatic heterocycles. The summed E-state index contributed by atoms with van der Waals surface area (Å²) in [4.78, 5) is 13.8. The number of hydrogen-bond donors (Lipinski definition) is 2. The first-order valence-corrected chi connectivity index (χ1v) is 6.69. The van der Waals surface area contributed by atoms with Gasteiger partial charge in [0.25, 0.3) is 0 Å². The van der Waals surface area contributed by atoms with Crippen molar-refractivity contribution in [1.82, 2.24) is 10.2 Å². The Morgan fingerprint density at radius 1 is 1.47 bits per heavy atom. The highest BCUT2D eigenvalue weighted by molar-refractivity contribution is 5.80. The van der Waals surface area contributed by atoms with E-state index in [1.807, 2.05) is 13.8 Å². The molecule has 0 saturated carbocycles. The fourth-order valence-electron chi connectivity index (χ4n) is 2.59. The van der Waals surface area contributed by atoms with Crippen molar-refractivity contribution in [2.45, 2.75) is 58.7 Å². The Balaban J connectivity index is 2.51. The average Bonchev–Trinajstić information content (AvgIpc) is 2.19. The molecule has 1 aliphatic rings. The molecule has 3 atom stereocenters. The van der Waals surface area contributed by atoms with Crippen LogP contribution < -0.4 is 11.1 Å². The van der Waals surface area contributed by atoms with Crippen LogP contribution in [-0.2, 0) is 4.79 Å². The van der Waals surface area contributed by atoms with Crippen molar-refractivity contribution in [3.63, 3.8) is 0 Å². The van der Waals surface area contributed by atoms with Crippen molar-refractivity contribution < 1.29 is 4.79 Å². The highest BCUT2D eigenvalue weighted by Gasteiger charge is 2.27. The van der Waals surface area contributed by atoms with Crippen molar-refractivity contribution in [3.05, 3.63) is 0 Å². The second-order valence-electron chi connectivity index (χ2n) is 5.75. The molecule has 1 amide bonds. The van der Waals surface area contributed by atoms with Crippen molar-refractivity contribution >= 4 is 5.91 Å². The summed E-state index contributed by atoms with van der Waals surface area (Å²) < 4.78 is 0. The molecule has 3 N–H and O–H groups in total. The van der Waals surface area contributed by atoms with E-state index in [2.05, 4.69) is 24.1 Å². The molecule has 0 spiro atoms. The van der Waals surface area contributed by atoms with E-state index in [1.165, 1.54) is 12.8 Å². The Hall–Kier alpha value is -0.610. The second kappa shape index (κ2) is 6.36. The van der Waals surface area contributed by atoms with Gasteiger partial charge in [-0.2, -0.15) is 0 Å². The van der Waals surface area contributed by atoms with Gasteiger partial charge in [-0.1, -0.05) is 20.8 Å². The summed E-state index contributed by atoms with van der Waals surface area (Å²) in [5.41, 5.74) is 5.45. The zero-order valence-electron chi connectivity index (χ0n) is 11.6. The lowest BCUT2D eigenvalue weighted by Crippen LogP contribution is -2.54. The number of hydrogen-bond acceptors (Lipinski definition) is 3. The summed E-state index contributed by atoms with van der Waals surface area (Å²) in [6.45, 7) is 10.4. The topological polar surface area (TPSA) is 58.4 Å². The minimum Gasteiger partial charge on any atom is -0.368 e. The minimum absolute atomic E-state index is 0.231. The van der Waals surface area contributed by atoms with E-state index >= 15 is 0 Å². The third-order valence-electron chi connectivity index (χ3n) is 3.57. The van der Waals surface area contributed by atoms with E-state index in [9.17, 15) is 4.79 Å². The number of piperidine rings is 1. The zero-order chi connectivity index (χ0) is 13.0. The summed E-state index contributed by atoms with van der Waals surface area (Å²) >= 11 is 0. The lowest BCUT2D eigenvalue weighted by atomic mass is 9.93. The average molecular weight is 241 g/mol. The van der Waals surface area contributed by atoms with Crippen molar-refractivity contribution in [2.75, 3.05) is 13.1 Å². The SMILES string of the molecule is CC1CCN(CC(NC(C)C)C(N)=O)C(C)C1. The van der Waals surface area contributed by atoms with Gasteiger partial charge in [-0.05, 0) is 32.2 Å². The number of nitrogens with one attached hydrogen (secondary N) is 1. The molecule has 1 fully saturated rings. The Bertz CT molecular complexity index is 255. The van der Waals surface area contributed by atoms with Crippen molar-refractivity contribution in [2.24, 2.45) is 11.7 Å². The van der Waals surface area contributed by atoms with Gasteiger partial charge >= 0.3 is 0 Å². The number of carbonyl (C=O) groups excluding carboxylic acids is 1. The molecule has 1 rings (SSSR count). The fraction of sp³-hybridized carbons (Fsp3) is 0.923. The van der Waals surface area contributed by atoms with E-state index in [4.69, 9.17) is 5.73 Å². The molecule has 0 aromatic rings. The summed E-state index contributed by atoms with van der Waals surface area (Å²) in [5.74, 6) is 0.552. The van der Waals surface area contributed by atoms with Crippen LogP contribution in [0.2, 0.25) is 0 Å². The first kappa shape index (κ1) is 14.5. The lowest BCUT2D eigenvalue weighted by molar-refractivity contribution is -0.120. The molecule has 3 unspecified atom stereocenters. The number of carbonyl (C=O) groups is 1. The van der Waals surface area contributed by atoms with Gasteiger partial charge in [0.15, 0.2) is 0 Å². The largest absolute Gasteiger partial charge is 0.368 e. The Kier molecular flexibility index (Phi) is 5.40. The van der Waals surface area contributed by atoms with Crippen LogP contribution in [0.4, 0.5) is 0 Å². The minimum atomic E-state index is -0.246. The van der Waals surface area contributed by atoms with Crippen molar-refractivity contribution in [1.29, 1.82) is 0 Å². The highest BCUT2D eigenvalue weighted by atomic mass is 16.1. The highest BCUT2D eigenvalue weighted by Crippen LogP contribution is 2.22. The monoisotopic (exact) mass is 241 g/mol. The molecular weight excluding hydrogens is 214 g/mol. The number of nitrogens with two attached hydrogens (primary N) is 1. The predicted octanol–water partition coefficient (Wildman–Crippen LogP) is 0.959. The Labute approximate surface area is 105 Å². The molecule has 0 aliphatic carbocycles. The maximum Gasteiger partial charge on any atom is 0.235 e. The van der Waals surface area contributed by atoms with E-state index in [0.717, 1.165) is 19.0 Å². The third kappa shape index (κ3) is 4.64. The van der Waals surface area contributed by atoms with Crippen LogP contribution in [0.3, 0.4) is 0 Å². The molecule has 0 radical (unpaired) electrons. The van der Waals surface area contributed by atoms with Gasteiger partial charge in [-0.3, -0.25) is 9.69 Å². The van der Waals surface area contributed by atoms with Crippen LogP contribution in [0.25, 0.3) is 0 Å². The molecule has 0 aromatic heterocycles. The van der Waals surface area contributed by atoms with Crippen LogP contribution >= 0.6 is 0 Å². The number of likely N-dealkylation sites (tertiary alicyclic amines) is 1. The molecule has 0 aromatic carbocycles. The van der Waals surface area contributed by atoms with Crippen LogP contribution in [-0.4, -0.2) is 42.0 Å². The summed E-state index contributed by atoms with van der Waals surface area (Å²) in [5, 5.41) is 3.24. The molecule has 1 heterocycles. The van der Waals surface area contributed by atoms with Gasteiger partial charge in [0, 0.05) is 18.6 Å². The number of nitrogens with zero attached hydrogens (tertiary/aromatic N) is 1.